The molecule has 7 rings (SSSR count). The number of carbonyl (C=O) groups excluding carboxylic acids is 1. The number of ether oxygens (including phenoxy) is 1. The second-order valence-electron chi connectivity index (χ2n) is 16.8. The highest BCUT2D eigenvalue weighted by Crippen LogP contribution is 2.79. The van der Waals surface area contributed by atoms with Crippen molar-refractivity contribution in [3.05, 3.63) is 29.2 Å². The number of hydrogen-bond donors (Lipinski definition) is 0. The lowest BCUT2D eigenvalue weighted by Gasteiger charge is -2.70. The fourth-order valence-electron chi connectivity index (χ4n) is 12.2. The van der Waals surface area contributed by atoms with Gasteiger partial charge in [-0.05, 0) is 85.5 Å². The molecule has 2 heterocycles. The molecule has 4 heteroatoms. The van der Waals surface area contributed by atoms with E-state index < -0.39 is 5.60 Å². The normalized spacial score (nSPS) is 49.9. The van der Waals surface area contributed by atoms with Crippen molar-refractivity contribution in [2.24, 2.45) is 44.8 Å². The summed E-state index contributed by atoms with van der Waals surface area (Å²) in [5.41, 5.74) is 1.84. The largest absolute Gasteiger partial charge is 0.362 e. The van der Waals surface area contributed by atoms with E-state index in [1.807, 2.05) is 6.20 Å². The minimum absolute atomic E-state index is 0.0729. The standard InChI is InChI=1S/C34H49NO3/c1-20(2)26-33-14-12-28(3,4)18-24(33)34(37-26)25(36)16-23-30(7)17-21-19-35-38-27(21)29(5,6)22(30)10-11-31(23,8)32(34,9)13-15-33/h16,19-20,22,24,26H,10-15,17-18H2,1-9H3/t22-,24?,26?,30-,31+,32-,33-,34+/m0/s1. The summed E-state index contributed by atoms with van der Waals surface area (Å²) in [4.78, 5) is 15.0. The Morgan fingerprint density at radius 1 is 0.947 bits per heavy atom. The van der Waals surface area contributed by atoms with Gasteiger partial charge < -0.3 is 9.26 Å². The summed E-state index contributed by atoms with van der Waals surface area (Å²) in [7, 11) is 0. The molecule has 5 aliphatic carbocycles. The second-order valence-corrected chi connectivity index (χ2v) is 16.8. The zero-order valence-corrected chi connectivity index (χ0v) is 25.3. The van der Waals surface area contributed by atoms with Gasteiger partial charge in [0.1, 0.15) is 11.4 Å². The van der Waals surface area contributed by atoms with Crippen molar-refractivity contribution in [2.75, 3.05) is 0 Å². The predicted octanol–water partition coefficient (Wildman–Crippen LogP) is 7.85. The first kappa shape index (κ1) is 25.5. The van der Waals surface area contributed by atoms with E-state index in [4.69, 9.17) is 9.26 Å². The number of rotatable bonds is 1. The average molecular weight is 520 g/mol. The molecule has 1 aliphatic heterocycles. The number of nitrogens with zero attached hydrogens (tertiary/aromatic N) is 1. The number of ketones is 1. The Morgan fingerprint density at radius 3 is 2.37 bits per heavy atom. The molecule has 0 aromatic carbocycles. The topological polar surface area (TPSA) is 52.3 Å². The number of aromatic nitrogens is 1. The smallest absolute Gasteiger partial charge is 0.188 e. The summed E-state index contributed by atoms with van der Waals surface area (Å²) in [6.45, 7) is 21.6. The molecule has 1 aromatic rings. The monoisotopic (exact) mass is 519 g/mol. The molecule has 0 N–H and O–H groups in total. The number of hydrogen-bond acceptors (Lipinski definition) is 4. The Kier molecular flexibility index (Phi) is 4.75. The lowest BCUT2D eigenvalue weighted by molar-refractivity contribution is -0.210. The van der Waals surface area contributed by atoms with Crippen LogP contribution in [-0.4, -0.2) is 22.6 Å². The lowest BCUT2D eigenvalue weighted by Crippen LogP contribution is -2.71. The van der Waals surface area contributed by atoms with E-state index in [1.165, 1.54) is 30.4 Å². The Labute approximate surface area is 229 Å². The highest BCUT2D eigenvalue weighted by Gasteiger charge is 2.81. The van der Waals surface area contributed by atoms with E-state index >= 15 is 0 Å². The van der Waals surface area contributed by atoms with Crippen LogP contribution in [0.5, 0.6) is 0 Å². The zero-order chi connectivity index (χ0) is 27.3. The molecule has 208 valence electrons. The summed E-state index contributed by atoms with van der Waals surface area (Å²) in [5.74, 6) is 2.50. The molecular weight excluding hydrogens is 470 g/mol. The maximum absolute atomic E-state index is 15.0. The molecular formula is C34H49NO3. The van der Waals surface area contributed by atoms with Crippen LogP contribution in [0.25, 0.3) is 0 Å². The first-order valence-electron chi connectivity index (χ1n) is 15.5. The molecule has 4 nitrogen and oxygen atoms in total. The Balaban J connectivity index is 1.44. The van der Waals surface area contributed by atoms with E-state index in [9.17, 15) is 4.79 Å². The summed E-state index contributed by atoms with van der Waals surface area (Å²) in [5, 5.41) is 4.24. The van der Waals surface area contributed by atoms with E-state index in [2.05, 4.69) is 73.5 Å². The average Bonchev–Trinajstić information content (AvgIpc) is 3.37. The minimum Gasteiger partial charge on any atom is -0.362 e. The summed E-state index contributed by atoms with van der Waals surface area (Å²) in [6, 6.07) is 0. The molecule has 1 aromatic heterocycles. The van der Waals surface area contributed by atoms with Crippen molar-refractivity contribution in [1.82, 2.24) is 5.16 Å². The molecule has 1 saturated heterocycles. The lowest BCUT2D eigenvalue weighted by atomic mass is 9.33. The van der Waals surface area contributed by atoms with Crippen molar-refractivity contribution < 1.29 is 14.1 Å². The molecule has 8 atom stereocenters. The van der Waals surface area contributed by atoms with Gasteiger partial charge in [-0.2, -0.15) is 0 Å². The predicted molar refractivity (Wildman–Crippen MR) is 149 cm³/mol. The van der Waals surface area contributed by atoms with Crippen LogP contribution in [0.15, 0.2) is 22.4 Å². The van der Waals surface area contributed by atoms with Gasteiger partial charge in [-0.25, -0.2) is 0 Å². The molecule has 0 amide bonds. The van der Waals surface area contributed by atoms with E-state index in [-0.39, 0.29) is 44.4 Å². The Morgan fingerprint density at radius 2 is 1.66 bits per heavy atom. The number of fused-ring (bicyclic) bond motifs is 5. The van der Waals surface area contributed by atoms with Crippen LogP contribution >= 0.6 is 0 Å². The van der Waals surface area contributed by atoms with Crippen LogP contribution in [0.1, 0.15) is 119 Å². The molecule has 2 unspecified atom stereocenters. The van der Waals surface area contributed by atoms with Crippen LogP contribution in [0.2, 0.25) is 0 Å². The van der Waals surface area contributed by atoms with Crippen molar-refractivity contribution in [3.8, 4) is 0 Å². The molecule has 3 saturated carbocycles. The van der Waals surface area contributed by atoms with Gasteiger partial charge in [-0.1, -0.05) is 73.0 Å². The van der Waals surface area contributed by atoms with Crippen LogP contribution < -0.4 is 0 Å². The van der Waals surface area contributed by atoms with Crippen molar-refractivity contribution in [2.45, 2.75) is 131 Å². The van der Waals surface area contributed by atoms with Gasteiger partial charge in [0.15, 0.2) is 5.78 Å². The molecule has 4 fully saturated rings. The van der Waals surface area contributed by atoms with E-state index in [0.717, 1.165) is 37.9 Å². The highest BCUT2D eigenvalue weighted by atomic mass is 16.5. The quantitative estimate of drug-likeness (QED) is 0.379. The van der Waals surface area contributed by atoms with Gasteiger partial charge in [0.25, 0.3) is 0 Å². The van der Waals surface area contributed by atoms with Crippen LogP contribution in [0.4, 0.5) is 0 Å². The van der Waals surface area contributed by atoms with Crippen molar-refractivity contribution in [3.63, 3.8) is 0 Å². The second kappa shape index (κ2) is 7.07. The van der Waals surface area contributed by atoms with E-state index in [1.54, 1.807) is 0 Å². The van der Waals surface area contributed by atoms with Crippen LogP contribution in [0, 0.1) is 44.8 Å². The van der Waals surface area contributed by atoms with Crippen molar-refractivity contribution >= 4 is 5.78 Å². The molecule has 6 aliphatic rings. The Hall–Kier alpha value is -1.42. The number of carbonyl (C=O) groups is 1. The summed E-state index contributed by atoms with van der Waals surface area (Å²) >= 11 is 0. The Bertz CT molecular complexity index is 1250. The third-order valence-corrected chi connectivity index (χ3v) is 14.0. The summed E-state index contributed by atoms with van der Waals surface area (Å²) < 4.78 is 13.3. The molecule has 2 bridgehead atoms. The van der Waals surface area contributed by atoms with Gasteiger partial charge in [0.05, 0.1) is 12.3 Å². The fraction of sp³-hybridized carbons (Fsp3) is 0.824. The van der Waals surface area contributed by atoms with Gasteiger partial charge in [0, 0.05) is 27.7 Å². The minimum atomic E-state index is -0.703. The molecule has 1 spiro atoms. The third kappa shape index (κ3) is 2.55. The third-order valence-electron chi connectivity index (χ3n) is 14.0. The van der Waals surface area contributed by atoms with E-state index in [0.29, 0.717) is 17.8 Å². The van der Waals surface area contributed by atoms with Gasteiger partial charge in [-0.15, -0.1) is 0 Å². The van der Waals surface area contributed by atoms with Crippen LogP contribution in [0.3, 0.4) is 0 Å². The van der Waals surface area contributed by atoms with Gasteiger partial charge in [0.2, 0.25) is 0 Å². The fourth-order valence-corrected chi connectivity index (χ4v) is 12.2. The van der Waals surface area contributed by atoms with Gasteiger partial charge in [-0.3, -0.25) is 4.79 Å². The highest BCUT2D eigenvalue weighted by molar-refractivity contribution is 6.01. The van der Waals surface area contributed by atoms with Crippen LogP contribution in [-0.2, 0) is 21.4 Å². The molecule has 38 heavy (non-hydrogen) atoms. The SMILES string of the molecule is CC(C)C1O[C@]23C(=O)C=C4[C@@]5(C)Cc6cnoc6C(C)(C)[C@@H]5CC[C@@]4(C)[C@]2(C)CC[C@]12CCC(C)(C)CC23. The first-order chi connectivity index (χ1) is 17.6. The molecule has 0 radical (unpaired) electrons. The maximum atomic E-state index is 15.0. The zero-order valence-electron chi connectivity index (χ0n) is 25.3. The van der Waals surface area contributed by atoms with Crippen molar-refractivity contribution in [1.29, 1.82) is 0 Å². The number of allylic oxidation sites excluding steroid dienone is 1. The first-order valence-corrected chi connectivity index (χ1v) is 15.5. The summed E-state index contributed by atoms with van der Waals surface area (Å²) in [6.07, 6.45) is 13.3. The maximum Gasteiger partial charge on any atom is 0.188 e. The van der Waals surface area contributed by atoms with Gasteiger partial charge >= 0.3 is 0 Å².